The Labute approximate surface area is 156 Å². The van der Waals surface area contributed by atoms with Crippen molar-refractivity contribution >= 4 is 41.3 Å². The summed E-state index contributed by atoms with van der Waals surface area (Å²) >= 11 is 1.86. The summed E-state index contributed by atoms with van der Waals surface area (Å²) in [5.74, 6) is 0.913. The van der Waals surface area contributed by atoms with Crippen LogP contribution in [0.1, 0.15) is 37.4 Å². The summed E-state index contributed by atoms with van der Waals surface area (Å²) in [5, 5.41) is 6.72. The molecule has 1 rings (SSSR count). The van der Waals surface area contributed by atoms with Crippen molar-refractivity contribution in [2.45, 2.75) is 40.7 Å². The Morgan fingerprint density at radius 1 is 1.09 bits per heavy atom. The smallest absolute Gasteiger partial charge is 0.191 e. The average molecular weight is 438 g/mol. The van der Waals surface area contributed by atoms with Crippen molar-refractivity contribution in [3.8, 4) is 0 Å². The van der Waals surface area contributed by atoms with Crippen molar-refractivity contribution in [1.82, 2.24) is 15.5 Å². The maximum absolute atomic E-state index is 4.67. The monoisotopic (exact) mass is 438 g/mol. The van der Waals surface area contributed by atoms with Gasteiger partial charge in [0, 0.05) is 29.4 Å². The van der Waals surface area contributed by atoms with Crippen LogP contribution in [0, 0.1) is 0 Å². The molecule has 0 radical (unpaired) electrons. The van der Waals surface area contributed by atoms with Gasteiger partial charge in [0.2, 0.25) is 0 Å². The number of hydrogen-bond donors (Lipinski definition) is 2. The van der Waals surface area contributed by atoms with Crippen LogP contribution in [0.15, 0.2) is 17.1 Å². The Bertz CT molecular complexity index is 416. The van der Waals surface area contributed by atoms with Crippen molar-refractivity contribution in [3.05, 3.63) is 21.9 Å². The fourth-order valence-corrected chi connectivity index (χ4v) is 2.95. The maximum atomic E-state index is 4.67. The third kappa shape index (κ3) is 8.33. The maximum Gasteiger partial charge on any atom is 0.191 e. The van der Waals surface area contributed by atoms with Crippen molar-refractivity contribution in [2.75, 3.05) is 32.7 Å². The minimum Gasteiger partial charge on any atom is -0.357 e. The molecule has 0 aliphatic rings. The van der Waals surface area contributed by atoms with E-state index >= 15 is 0 Å². The molecule has 0 spiro atoms. The molecule has 0 unspecified atom stereocenters. The zero-order valence-electron chi connectivity index (χ0n) is 14.3. The van der Waals surface area contributed by atoms with E-state index in [2.05, 4.69) is 60.4 Å². The van der Waals surface area contributed by atoms with Crippen LogP contribution in [0.25, 0.3) is 0 Å². The van der Waals surface area contributed by atoms with Gasteiger partial charge in [0.25, 0.3) is 0 Å². The zero-order chi connectivity index (χ0) is 15.5. The number of rotatable bonds is 9. The molecule has 6 heteroatoms. The second-order valence-corrected chi connectivity index (χ2v) is 6.12. The molecule has 0 aliphatic carbocycles. The quantitative estimate of drug-likeness (QED) is 0.353. The predicted molar refractivity (Wildman–Crippen MR) is 110 cm³/mol. The molecule has 1 heterocycles. The molecule has 1 aromatic rings. The second-order valence-electron chi connectivity index (χ2n) is 4.87. The summed E-state index contributed by atoms with van der Waals surface area (Å²) in [6.45, 7) is 14.5. The van der Waals surface area contributed by atoms with Gasteiger partial charge in [-0.15, -0.1) is 35.3 Å². The molecule has 2 N–H and O–H groups in total. The van der Waals surface area contributed by atoms with Crippen LogP contribution < -0.4 is 10.6 Å². The molecular weight excluding hydrogens is 407 g/mol. The molecular formula is C16H31IN4S. The van der Waals surface area contributed by atoms with Gasteiger partial charge in [0.1, 0.15) is 0 Å². The lowest BCUT2D eigenvalue weighted by atomic mass is 10.4. The van der Waals surface area contributed by atoms with Crippen LogP contribution in [0.5, 0.6) is 0 Å². The summed E-state index contributed by atoms with van der Waals surface area (Å²) in [6, 6.07) is 4.39. The lowest BCUT2D eigenvalue weighted by Crippen LogP contribution is -2.41. The summed E-state index contributed by atoms with van der Waals surface area (Å²) in [7, 11) is 0. The van der Waals surface area contributed by atoms with E-state index in [1.165, 1.54) is 9.75 Å². The molecule has 22 heavy (non-hydrogen) atoms. The van der Waals surface area contributed by atoms with Crippen LogP contribution in [-0.4, -0.2) is 43.6 Å². The Hall–Kier alpha value is -0.340. The lowest BCUT2D eigenvalue weighted by Gasteiger charge is -2.19. The highest BCUT2D eigenvalue weighted by atomic mass is 127. The summed E-state index contributed by atoms with van der Waals surface area (Å²) in [5.41, 5.74) is 0. The SMILES string of the molecule is CCNC(=NCc1ccc(CC)s1)NCCN(CC)CC.I. The minimum absolute atomic E-state index is 0. The highest BCUT2D eigenvalue weighted by Gasteiger charge is 2.02. The fraction of sp³-hybridized carbons (Fsp3) is 0.688. The Morgan fingerprint density at radius 3 is 2.32 bits per heavy atom. The molecule has 0 saturated carbocycles. The van der Waals surface area contributed by atoms with Crippen LogP contribution in [0.3, 0.4) is 0 Å². The van der Waals surface area contributed by atoms with Gasteiger partial charge in [-0.05, 0) is 38.6 Å². The topological polar surface area (TPSA) is 39.7 Å². The number of likely N-dealkylation sites (N-methyl/N-ethyl adjacent to an activating group) is 1. The van der Waals surface area contributed by atoms with E-state index < -0.39 is 0 Å². The van der Waals surface area contributed by atoms with Crippen molar-refractivity contribution < 1.29 is 0 Å². The first-order valence-electron chi connectivity index (χ1n) is 8.05. The van der Waals surface area contributed by atoms with Gasteiger partial charge in [-0.2, -0.15) is 0 Å². The van der Waals surface area contributed by atoms with E-state index in [1.807, 2.05) is 11.3 Å². The molecule has 0 saturated heterocycles. The predicted octanol–water partition coefficient (Wildman–Crippen LogP) is 3.33. The number of aryl methyl sites for hydroxylation is 1. The number of nitrogens with zero attached hydrogens (tertiary/aromatic N) is 2. The number of nitrogens with one attached hydrogen (secondary N) is 2. The van der Waals surface area contributed by atoms with Crippen LogP contribution in [0.4, 0.5) is 0 Å². The van der Waals surface area contributed by atoms with Gasteiger partial charge in [0.15, 0.2) is 5.96 Å². The number of thiophene rings is 1. The van der Waals surface area contributed by atoms with Crippen molar-refractivity contribution in [3.63, 3.8) is 0 Å². The first-order chi connectivity index (χ1) is 10.2. The van der Waals surface area contributed by atoms with Gasteiger partial charge >= 0.3 is 0 Å². The number of aliphatic imine (C=N–C) groups is 1. The Kier molecular flexibility index (Phi) is 12.9. The number of halogens is 1. The number of hydrogen-bond acceptors (Lipinski definition) is 3. The standard InChI is InChI=1S/C16H30N4S.HI/c1-5-14-9-10-15(21-14)13-19-16(17-6-2)18-11-12-20(7-3)8-4;/h9-10H,5-8,11-13H2,1-4H3,(H2,17,18,19);1H. The molecule has 0 aromatic carbocycles. The first-order valence-corrected chi connectivity index (χ1v) is 8.87. The molecule has 0 atom stereocenters. The van der Waals surface area contributed by atoms with E-state index in [4.69, 9.17) is 0 Å². The molecule has 0 fully saturated rings. The highest BCUT2D eigenvalue weighted by molar-refractivity contribution is 14.0. The average Bonchev–Trinajstić information content (AvgIpc) is 2.97. The van der Waals surface area contributed by atoms with Crippen molar-refractivity contribution in [2.24, 2.45) is 4.99 Å². The second kappa shape index (κ2) is 13.1. The summed E-state index contributed by atoms with van der Waals surface area (Å²) in [6.07, 6.45) is 1.11. The van der Waals surface area contributed by atoms with E-state index in [1.54, 1.807) is 0 Å². The molecule has 128 valence electrons. The van der Waals surface area contributed by atoms with E-state index in [9.17, 15) is 0 Å². The molecule has 0 aliphatic heterocycles. The molecule has 0 amide bonds. The van der Waals surface area contributed by atoms with Gasteiger partial charge in [-0.1, -0.05) is 20.8 Å². The zero-order valence-corrected chi connectivity index (χ0v) is 17.5. The Balaban J connectivity index is 0.00000441. The molecule has 1 aromatic heterocycles. The Morgan fingerprint density at radius 2 is 1.77 bits per heavy atom. The van der Waals surface area contributed by atoms with Gasteiger partial charge in [-0.3, -0.25) is 0 Å². The fourth-order valence-electron chi connectivity index (χ4n) is 2.07. The lowest BCUT2D eigenvalue weighted by molar-refractivity contribution is 0.308. The van der Waals surface area contributed by atoms with Crippen LogP contribution in [0.2, 0.25) is 0 Å². The van der Waals surface area contributed by atoms with Gasteiger partial charge < -0.3 is 15.5 Å². The van der Waals surface area contributed by atoms with Crippen molar-refractivity contribution in [1.29, 1.82) is 0 Å². The number of guanidine groups is 1. The minimum atomic E-state index is 0. The highest BCUT2D eigenvalue weighted by Crippen LogP contribution is 2.17. The third-order valence-electron chi connectivity index (χ3n) is 3.42. The largest absolute Gasteiger partial charge is 0.357 e. The van der Waals surface area contributed by atoms with Crippen LogP contribution >= 0.6 is 35.3 Å². The van der Waals surface area contributed by atoms with Crippen LogP contribution in [-0.2, 0) is 13.0 Å². The molecule has 0 bridgehead atoms. The third-order valence-corrected chi connectivity index (χ3v) is 4.63. The summed E-state index contributed by atoms with van der Waals surface area (Å²) < 4.78 is 0. The van der Waals surface area contributed by atoms with E-state index in [-0.39, 0.29) is 24.0 Å². The van der Waals surface area contributed by atoms with Gasteiger partial charge in [0.05, 0.1) is 6.54 Å². The van der Waals surface area contributed by atoms with Gasteiger partial charge in [-0.25, -0.2) is 4.99 Å². The molecule has 4 nitrogen and oxygen atoms in total. The van der Waals surface area contributed by atoms with E-state index in [0.29, 0.717) is 0 Å². The van der Waals surface area contributed by atoms with E-state index in [0.717, 1.165) is 51.6 Å². The summed E-state index contributed by atoms with van der Waals surface area (Å²) in [4.78, 5) is 9.83. The first kappa shape index (κ1) is 21.7. The normalized spacial score (nSPS) is 11.4.